The molecule has 100 valence electrons. The SMILES string of the molecule is O=C(O)[C@@H]1Cc2ccccc2N1C(=O)c1ccccc1. The molecule has 2 aromatic carbocycles. The molecule has 0 spiro atoms. The Hall–Kier alpha value is -2.62. The van der Waals surface area contributed by atoms with E-state index in [0.29, 0.717) is 17.7 Å². The highest BCUT2D eigenvalue weighted by Crippen LogP contribution is 2.33. The van der Waals surface area contributed by atoms with Gasteiger partial charge >= 0.3 is 5.97 Å². The third kappa shape index (κ3) is 1.95. The molecule has 1 heterocycles. The van der Waals surface area contributed by atoms with Gasteiger partial charge < -0.3 is 5.11 Å². The van der Waals surface area contributed by atoms with Crippen LogP contribution in [0.4, 0.5) is 5.69 Å². The first-order chi connectivity index (χ1) is 9.68. The monoisotopic (exact) mass is 267 g/mol. The number of carbonyl (C=O) groups excluding carboxylic acids is 1. The summed E-state index contributed by atoms with van der Waals surface area (Å²) < 4.78 is 0. The molecule has 1 atom stereocenters. The van der Waals surface area contributed by atoms with E-state index in [0.717, 1.165) is 5.56 Å². The van der Waals surface area contributed by atoms with Gasteiger partial charge in [-0.2, -0.15) is 0 Å². The van der Waals surface area contributed by atoms with Gasteiger partial charge in [0.1, 0.15) is 6.04 Å². The third-order valence-corrected chi connectivity index (χ3v) is 3.50. The van der Waals surface area contributed by atoms with Gasteiger partial charge in [-0.15, -0.1) is 0 Å². The molecule has 2 aromatic rings. The summed E-state index contributed by atoms with van der Waals surface area (Å²) in [5.41, 5.74) is 2.08. The summed E-state index contributed by atoms with van der Waals surface area (Å²) in [7, 11) is 0. The van der Waals surface area contributed by atoms with Crippen LogP contribution in [0.1, 0.15) is 15.9 Å². The number of carboxylic acids is 1. The number of amides is 1. The van der Waals surface area contributed by atoms with Crippen LogP contribution in [0.2, 0.25) is 0 Å². The van der Waals surface area contributed by atoms with E-state index >= 15 is 0 Å². The second-order valence-corrected chi connectivity index (χ2v) is 4.73. The van der Waals surface area contributed by atoms with Crippen LogP contribution in [0.25, 0.3) is 0 Å². The number of fused-ring (bicyclic) bond motifs is 1. The summed E-state index contributed by atoms with van der Waals surface area (Å²) in [4.78, 5) is 25.4. The van der Waals surface area contributed by atoms with Gasteiger partial charge in [0.15, 0.2) is 0 Å². The summed E-state index contributed by atoms with van der Waals surface area (Å²) in [5.74, 6) is -1.26. The first-order valence-electron chi connectivity index (χ1n) is 6.38. The highest BCUT2D eigenvalue weighted by atomic mass is 16.4. The number of anilines is 1. The number of carbonyl (C=O) groups is 2. The summed E-state index contributed by atoms with van der Waals surface area (Å²) in [6, 6.07) is 15.2. The first-order valence-corrected chi connectivity index (χ1v) is 6.38. The van der Waals surface area contributed by atoms with E-state index in [2.05, 4.69) is 0 Å². The van der Waals surface area contributed by atoms with Crippen molar-refractivity contribution in [1.29, 1.82) is 0 Å². The lowest BCUT2D eigenvalue weighted by atomic mass is 10.1. The molecule has 0 aliphatic carbocycles. The lowest BCUT2D eigenvalue weighted by Gasteiger charge is -2.22. The van der Waals surface area contributed by atoms with Crippen molar-refractivity contribution in [3.8, 4) is 0 Å². The zero-order valence-electron chi connectivity index (χ0n) is 10.7. The highest BCUT2D eigenvalue weighted by Gasteiger charge is 2.38. The van der Waals surface area contributed by atoms with Crippen LogP contribution < -0.4 is 4.90 Å². The van der Waals surface area contributed by atoms with Crippen LogP contribution in [-0.4, -0.2) is 23.0 Å². The zero-order chi connectivity index (χ0) is 14.1. The lowest BCUT2D eigenvalue weighted by molar-refractivity contribution is -0.138. The Labute approximate surface area is 116 Å². The maximum Gasteiger partial charge on any atom is 0.327 e. The van der Waals surface area contributed by atoms with Crippen LogP contribution in [0.3, 0.4) is 0 Å². The van der Waals surface area contributed by atoms with Crippen molar-refractivity contribution in [1.82, 2.24) is 0 Å². The van der Waals surface area contributed by atoms with Crippen molar-refractivity contribution < 1.29 is 14.7 Å². The number of hydrogen-bond acceptors (Lipinski definition) is 2. The molecule has 0 unspecified atom stereocenters. The standard InChI is InChI=1S/C16H13NO3/c18-15(11-6-2-1-3-7-11)17-13-9-5-4-8-12(13)10-14(17)16(19)20/h1-9,14H,10H2,(H,19,20)/t14-/m0/s1. The number of nitrogens with zero attached hydrogens (tertiary/aromatic N) is 1. The molecule has 0 radical (unpaired) electrons. The molecule has 20 heavy (non-hydrogen) atoms. The fourth-order valence-corrected chi connectivity index (χ4v) is 2.55. The number of para-hydroxylation sites is 1. The van der Waals surface area contributed by atoms with Crippen LogP contribution in [0.15, 0.2) is 54.6 Å². The van der Waals surface area contributed by atoms with Crippen LogP contribution >= 0.6 is 0 Å². The summed E-state index contributed by atoms with van der Waals surface area (Å²) in [6.45, 7) is 0. The topological polar surface area (TPSA) is 57.6 Å². The highest BCUT2D eigenvalue weighted by molar-refractivity contribution is 6.10. The van der Waals surface area contributed by atoms with Crippen molar-refractivity contribution in [2.75, 3.05) is 4.90 Å². The predicted molar refractivity (Wildman–Crippen MR) is 74.8 cm³/mol. The van der Waals surface area contributed by atoms with E-state index in [4.69, 9.17) is 0 Å². The summed E-state index contributed by atoms with van der Waals surface area (Å²) in [6.07, 6.45) is 0.351. The van der Waals surface area contributed by atoms with Gasteiger partial charge in [0.2, 0.25) is 0 Å². The molecule has 1 amide bonds. The number of benzene rings is 2. The Morgan fingerprint density at radius 2 is 1.65 bits per heavy atom. The van der Waals surface area contributed by atoms with Crippen LogP contribution in [0, 0.1) is 0 Å². The van der Waals surface area contributed by atoms with Crippen LogP contribution in [-0.2, 0) is 11.2 Å². The quantitative estimate of drug-likeness (QED) is 0.908. The van der Waals surface area contributed by atoms with Gasteiger partial charge in [-0.25, -0.2) is 4.79 Å². The van der Waals surface area contributed by atoms with E-state index in [1.807, 2.05) is 24.3 Å². The van der Waals surface area contributed by atoms with Gasteiger partial charge in [-0.3, -0.25) is 9.69 Å². The molecule has 4 heteroatoms. The fraction of sp³-hybridized carbons (Fsp3) is 0.125. The Balaban J connectivity index is 2.05. The Morgan fingerprint density at radius 1 is 1.00 bits per heavy atom. The minimum Gasteiger partial charge on any atom is -0.480 e. The smallest absolute Gasteiger partial charge is 0.327 e. The van der Waals surface area contributed by atoms with Crippen molar-refractivity contribution in [3.05, 3.63) is 65.7 Å². The number of rotatable bonds is 2. The average molecular weight is 267 g/mol. The molecule has 0 aromatic heterocycles. The van der Waals surface area contributed by atoms with Crippen molar-refractivity contribution >= 4 is 17.6 Å². The maximum atomic E-state index is 12.6. The number of aliphatic carboxylic acids is 1. The molecule has 1 aliphatic heterocycles. The van der Waals surface area contributed by atoms with Crippen molar-refractivity contribution in [3.63, 3.8) is 0 Å². The van der Waals surface area contributed by atoms with E-state index in [9.17, 15) is 14.7 Å². The van der Waals surface area contributed by atoms with Gasteiger partial charge in [0.25, 0.3) is 5.91 Å². The van der Waals surface area contributed by atoms with E-state index in [-0.39, 0.29) is 5.91 Å². The minimum absolute atomic E-state index is 0.275. The number of carboxylic acid groups (broad SMARTS) is 1. The Morgan fingerprint density at radius 3 is 2.35 bits per heavy atom. The molecule has 0 saturated heterocycles. The molecule has 4 nitrogen and oxygen atoms in total. The van der Waals surface area contributed by atoms with Gasteiger partial charge in [-0.05, 0) is 23.8 Å². The van der Waals surface area contributed by atoms with Crippen LogP contribution in [0.5, 0.6) is 0 Å². The Kier molecular flexibility index (Phi) is 2.99. The minimum atomic E-state index is -0.981. The lowest BCUT2D eigenvalue weighted by Crippen LogP contribution is -2.42. The second-order valence-electron chi connectivity index (χ2n) is 4.73. The molecule has 1 aliphatic rings. The van der Waals surface area contributed by atoms with Gasteiger partial charge in [-0.1, -0.05) is 36.4 Å². The number of hydrogen-bond donors (Lipinski definition) is 1. The van der Waals surface area contributed by atoms with E-state index < -0.39 is 12.0 Å². The first kappa shape index (κ1) is 12.4. The predicted octanol–water partition coefficient (Wildman–Crippen LogP) is 2.34. The summed E-state index contributed by atoms with van der Waals surface area (Å²) >= 11 is 0. The van der Waals surface area contributed by atoms with Gasteiger partial charge in [0, 0.05) is 17.7 Å². The molecular weight excluding hydrogens is 254 g/mol. The molecule has 0 fully saturated rings. The molecule has 1 N–H and O–H groups in total. The largest absolute Gasteiger partial charge is 0.480 e. The fourth-order valence-electron chi connectivity index (χ4n) is 2.55. The van der Waals surface area contributed by atoms with E-state index in [1.54, 1.807) is 30.3 Å². The Bertz CT molecular complexity index is 666. The summed E-state index contributed by atoms with van der Waals surface area (Å²) in [5, 5.41) is 9.36. The second kappa shape index (κ2) is 4.81. The maximum absolute atomic E-state index is 12.6. The molecule has 0 bridgehead atoms. The molecule has 0 saturated carbocycles. The van der Waals surface area contributed by atoms with E-state index in [1.165, 1.54) is 4.90 Å². The van der Waals surface area contributed by atoms with Crippen molar-refractivity contribution in [2.45, 2.75) is 12.5 Å². The molecular formula is C16H13NO3. The normalized spacial score (nSPS) is 16.8. The molecule has 3 rings (SSSR count). The van der Waals surface area contributed by atoms with Gasteiger partial charge in [0.05, 0.1) is 0 Å². The zero-order valence-corrected chi connectivity index (χ0v) is 10.7. The average Bonchev–Trinajstić information content (AvgIpc) is 2.87. The van der Waals surface area contributed by atoms with Crippen molar-refractivity contribution in [2.24, 2.45) is 0 Å². The third-order valence-electron chi connectivity index (χ3n) is 3.50.